The summed E-state index contributed by atoms with van der Waals surface area (Å²) in [6.07, 6.45) is 0.410. The van der Waals surface area contributed by atoms with Crippen LogP contribution in [0.2, 0.25) is 0 Å². The maximum atomic E-state index is 12.9. The van der Waals surface area contributed by atoms with Crippen LogP contribution in [-0.4, -0.2) is 31.7 Å². The zero-order valence-electron chi connectivity index (χ0n) is 15.9. The van der Waals surface area contributed by atoms with Gasteiger partial charge in [-0.2, -0.15) is 0 Å². The molecule has 2 aromatic carbocycles. The van der Waals surface area contributed by atoms with Crippen LogP contribution in [0.25, 0.3) is 0 Å². The summed E-state index contributed by atoms with van der Waals surface area (Å²) in [6, 6.07) is 11.1. The maximum absolute atomic E-state index is 12.9. The second-order valence-electron chi connectivity index (χ2n) is 7.41. The van der Waals surface area contributed by atoms with E-state index in [1.165, 1.54) is 0 Å². The number of rotatable bonds is 6. The van der Waals surface area contributed by atoms with E-state index in [1.807, 2.05) is 20.8 Å². The number of ether oxygens (including phenoxy) is 2. The topological polar surface area (TPSA) is 102 Å². The van der Waals surface area contributed by atoms with Crippen molar-refractivity contribution in [2.75, 3.05) is 6.61 Å². The molecule has 1 aliphatic heterocycles. The first-order chi connectivity index (χ1) is 13.1. The second-order valence-corrected chi connectivity index (χ2v) is 9.12. The molecule has 0 aliphatic carbocycles. The van der Waals surface area contributed by atoms with Gasteiger partial charge in [-0.15, -0.1) is 0 Å². The Morgan fingerprint density at radius 1 is 1.25 bits per heavy atom. The van der Waals surface area contributed by atoms with Gasteiger partial charge in [0, 0.05) is 12.0 Å². The number of hydrogen-bond donors (Lipinski definition) is 2. The Balaban J connectivity index is 1.96. The van der Waals surface area contributed by atoms with Crippen LogP contribution in [0.3, 0.4) is 0 Å². The summed E-state index contributed by atoms with van der Waals surface area (Å²) < 4.78 is 39.8. The van der Waals surface area contributed by atoms with Crippen molar-refractivity contribution in [1.29, 1.82) is 0 Å². The number of carbonyl (C=O) groups is 1. The van der Waals surface area contributed by atoms with Crippen molar-refractivity contribution in [3.8, 4) is 11.5 Å². The van der Waals surface area contributed by atoms with Gasteiger partial charge in [-0.05, 0) is 39.0 Å². The van der Waals surface area contributed by atoms with Crippen LogP contribution < -0.4 is 14.2 Å². The fraction of sp³-hybridized carbons (Fsp3) is 0.350. The lowest BCUT2D eigenvalue weighted by molar-refractivity contribution is -0.139. The molecule has 0 fully saturated rings. The smallest absolute Gasteiger partial charge is 0.341 e. The van der Waals surface area contributed by atoms with E-state index in [1.54, 1.807) is 42.5 Å². The van der Waals surface area contributed by atoms with E-state index >= 15 is 0 Å². The van der Waals surface area contributed by atoms with Gasteiger partial charge in [0.1, 0.15) is 5.60 Å². The van der Waals surface area contributed by atoms with Crippen molar-refractivity contribution in [2.24, 2.45) is 0 Å². The molecular weight excluding hydrogens is 382 g/mol. The molecule has 3 rings (SSSR count). The summed E-state index contributed by atoms with van der Waals surface area (Å²) in [5, 5.41) is 8.87. The SMILES string of the molecule is Cc1ccc(S(=O)(=O)NC2CC(C)(C)Oc3c(OCC(=O)O)cccc32)cc1. The van der Waals surface area contributed by atoms with Crippen molar-refractivity contribution >= 4 is 16.0 Å². The molecule has 1 heterocycles. The van der Waals surface area contributed by atoms with E-state index in [0.29, 0.717) is 17.7 Å². The zero-order valence-corrected chi connectivity index (χ0v) is 16.7. The summed E-state index contributed by atoms with van der Waals surface area (Å²) in [5.74, 6) is -0.479. The van der Waals surface area contributed by atoms with Gasteiger partial charge in [0.15, 0.2) is 18.1 Å². The molecule has 0 radical (unpaired) electrons. The first kappa shape index (κ1) is 20.2. The Kier molecular flexibility index (Phi) is 5.36. The lowest BCUT2D eigenvalue weighted by atomic mass is 9.90. The number of carboxylic acids is 1. The van der Waals surface area contributed by atoms with Crippen molar-refractivity contribution in [3.05, 3.63) is 53.6 Å². The van der Waals surface area contributed by atoms with Crippen LogP contribution in [0.15, 0.2) is 47.4 Å². The quantitative estimate of drug-likeness (QED) is 0.766. The monoisotopic (exact) mass is 405 g/mol. The van der Waals surface area contributed by atoms with Crippen LogP contribution in [0.1, 0.15) is 37.4 Å². The number of nitrogens with one attached hydrogen (secondary N) is 1. The van der Waals surface area contributed by atoms with Crippen LogP contribution >= 0.6 is 0 Å². The van der Waals surface area contributed by atoms with E-state index in [9.17, 15) is 13.2 Å². The summed E-state index contributed by atoms with van der Waals surface area (Å²) in [6.45, 7) is 5.06. The van der Waals surface area contributed by atoms with E-state index in [2.05, 4.69) is 4.72 Å². The van der Waals surface area contributed by atoms with Gasteiger partial charge in [0.2, 0.25) is 10.0 Å². The molecule has 8 heteroatoms. The van der Waals surface area contributed by atoms with Crippen LogP contribution in [0.4, 0.5) is 0 Å². The zero-order chi connectivity index (χ0) is 20.5. The Labute approximate surface area is 164 Å². The third-order valence-corrected chi connectivity index (χ3v) is 5.93. The number of carboxylic acid groups (broad SMARTS) is 1. The van der Waals surface area contributed by atoms with Crippen LogP contribution in [0.5, 0.6) is 11.5 Å². The van der Waals surface area contributed by atoms with Crippen molar-refractivity contribution in [1.82, 2.24) is 4.72 Å². The molecule has 1 atom stereocenters. The molecule has 150 valence electrons. The van der Waals surface area contributed by atoms with Gasteiger partial charge in [-0.3, -0.25) is 0 Å². The molecule has 0 amide bonds. The molecule has 0 bridgehead atoms. The molecule has 7 nitrogen and oxygen atoms in total. The molecule has 0 saturated carbocycles. The minimum atomic E-state index is -3.75. The van der Waals surface area contributed by atoms with Gasteiger partial charge >= 0.3 is 5.97 Å². The highest BCUT2D eigenvalue weighted by Crippen LogP contribution is 2.45. The van der Waals surface area contributed by atoms with Gasteiger partial charge < -0.3 is 14.6 Å². The molecule has 1 aliphatic rings. The normalized spacial score (nSPS) is 18.0. The predicted octanol–water partition coefficient (Wildman–Crippen LogP) is 3.04. The van der Waals surface area contributed by atoms with E-state index < -0.39 is 34.2 Å². The fourth-order valence-corrected chi connectivity index (χ4v) is 4.38. The van der Waals surface area contributed by atoms with Crippen LogP contribution in [0, 0.1) is 6.92 Å². The first-order valence-corrected chi connectivity index (χ1v) is 10.3. The lowest BCUT2D eigenvalue weighted by Crippen LogP contribution is -2.41. The number of fused-ring (bicyclic) bond motifs is 1. The minimum absolute atomic E-state index is 0.183. The molecule has 0 spiro atoms. The minimum Gasteiger partial charge on any atom is -0.484 e. The highest BCUT2D eigenvalue weighted by Gasteiger charge is 2.37. The third-order valence-electron chi connectivity index (χ3n) is 4.44. The molecule has 2 N–H and O–H groups in total. The highest BCUT2D eigenvalue weighted by atomic mass is 32.2. The van der Waals surface area contributed by atoms with Gasteiger partial charge in [-0.25, -0.2) is 17.9 Å². The number of aryl methyl sites for hydroxylation is 1. The molecule has 2 aromatic rings. The first-order valence-electron chi connectivity index (χ1n) is 8.83. The average molecular weight is 405 g/mol. The predicted molar refractivity (Wildman–Crippen MR) is 103 cm³/mol. The van der Waals surface area contributed by atoms with Crippen molar-refractivity contribution < 1.29 is 27.8 Å². The van der Waals surface area contributed by atoms with Gasteiger partial charge in [-0.1, -0.05) is 29.8 Å². The molecule has 28 heavy (non-hydrogen) atoms. The van der Waals surface area contributed by atoms with Crippen LogP contribution in [-0.2, 0) is 14.8 Å². The number of benzene rings is 2. The fourth-order valence-electron chi connectivity index (χ4n) is 3.17. The maximum Gasteiger partial charge on any atom is 0.341 e. The lowest BCUT2D eigenvalue weighted by Gasteiger charge is -2.38. The van der Waals surface area contributed by atoms with Crippen molar-refractivity contribution in [3.63, 3.8) is 0 Å². The van der Waals surface area contributed by atoms with E-state index in [-0.39, 0.29) is 10.6 Å². The second kappa shape index (κ2) is 7.44. The summed E-state index contributed by atoms with van der Waals surface area (Å²) in [5.41, 5.74) is 0.908. The number of hydrogen-bond acceptors (Lipinski definition) is 5. The van der Waals surface area contributed by atoms with Gasteiger partial charge in [0.25, 0.3) is 0 Å². The molecule has 0 saturated heterocycles. The number of para-hydroxylation sites is 1. The Morgan fingerprint density at radius 2 is 1.93 bits per heavy atom. The summed E-state index contributed by atoms with van der Waals surface area (Å²) >= 11 is 0. The van der Waals surface area contributed by atoms with E-state index in [4.69, 9.17) is 14.6 Å². The van der Waals surface area contributed by atoms with Gasteiger partial charge in [0.05, 0.1) is 10.9 Å². The largest absolute Gasteiger partial charge is 0.484 e. The Morgan fingerprint density at radius 3 is 2.57 bits per heavy atom. The highest BCUT2D eigenvalue weighted by molar-refractivity contribution is 7.89. The third kappa shape index (κ3) is 4.45. The molecule has 1 unspecified atom stereocenters. The summed E-state index contributed by atoms with van der Waals surface area (Å²) in [7, 11) is -3.75. The average Bonchev–Trinajstić information content (AvgIpc) is 2.59. The Bertz CT molecular complexity index is 982. The molecular formula is C20H23NO6S. The number of sulfonamides is 1. The van der Waals surface area contributed by atoms with Crippen molar-refractivity contribution in [2.45, 2.75) is 43.7 Å². The standard InChI is InChI=1S/C20H23NO6S/c1-13-7-9-14(10-8-13)28(24,25)21-16-11-20(2,3)27-19-15(16)5-4-6-17(19)26-12-18(22)23/h4-10,16,21H,11-12H2,1-3H3,(H,22,23). The number of aliphatic carboxylic acids is 1. The summed E-state index contributed by atoms with van der Waals surface area (Å²) in [4.78, 5) is 11.0. The Hall–Kier alpha value is -2.58. The molecule has 0 aromatic heterocycles. The van der Waals surface area contributed by atoms with E-state index in [0.717, 1.165) is 5.56 Å².